The van der Waals surface area contributed by atoms with Gasteiger partial charge in [-0.3, -0.25) is 4.79 Å². The maximum Gasteiger partial charge on any atom is 0.251 e. The second-order valence-corrected chi connectivity index (χ2v) is 4.64. The number of carbonyl (C=O) groups is 1. The molecule has 0 aliphatic carbocycles. The normalized spacial score (nSPS) is 10.0. The lowest BCUT2D eigenvalue weighted by Gasteiger charge is -2.10. The molecule has 0 aliphatic heterocycles. The lowest BCUT2D eigenvalue weighted by molar-refractivity contribution is 0.0950. The van der Waals surface area contributed by atoms with Gasteiger partial charge in [-0.1, -0.05) is 0 Å². The number of aryl methyl sites for hydroxylation is 3. The number of nitriles is 1. The number of amides is 1. The van der Waals surface area contributed by atoms with Crippen LogP contribution in [-0.2, 0) is 6.54 Å². The van der Waals surface area contributed by atoms with Crippen molar-refractivity contribution in [2.24, 2.45) is 0 Å². The Labute approximate surface area is 122 Å². The van der Waals surface area contributed by atoms with E-state index in [2.05, 4.69) is 20.3 Å². The van der Waals surface area contributed by atoms with Gasteiger partial charge in [-0.05, 0) is 32.9 Å². The highest BCUT2D eigenvalue weighted by molar-refractivity contribution is 5.94. The van der Waals surface area contributed by atoms with E-state index >= 15 is 0 Å². The van der Waals surface area contributed by atoms with E-state index < -0.39 is 0 Å². The molecule has 106 valence electrons. The standard InChI is InChI=1S/C15H15N5O/c1-9-14(10(2)20-11(3)19-9)8-18-15(21)12-4-5-17-13(6-12)7-16/h4-6H,8H2,1-3H3,(H,18,21). The molecule has 0 aliphatic rings. The first-order valence-corrected chi connectivity index (χ1v) is 6.46. The SMILES string of the molecule is Cc1nc(C)c(CNC(=O)c2ccnc(C#N)c2)c(C)n1. The summed E-state index contributed by atoms with van der Waals surface area (Å²) in [6.07, 6.45) is 1.44. The van der Waals surface area contributed by atoms with Crippen LogP contribution < -0.4 is 5.32 Å². The molecule has 1 amide bonds. The molecular formula is C15H15N5O. The second kappa shape index (κ2) is 6.09. The van der Waals surface area contributed by atoms with E-state index in [0.717, 1.165) is 17.0 Å². The first kappa shape index (κ1) is 14.6. The first-order chi connectivity index (χ1) is 10.0. The molecule has 0 saturated heterocycles. The van der Waals surface area contributed by atoms with Gasteiger partial charge < -0.3 is 5.32 Å². The van der Waals surface area contributed by atoms with E-state index in [1.807, 2.05) is 26.8 Å². The van der Waals surface area contributed by atoms with E-state index in [-0.39, 0.29) is 11.6 Å². The van der Waals surface area contributed by atoms with Gasteiger partial charge in [0.15, 0.2) is 0 Å². The van der Waals surface area contributed by atoms with Crippen LogP contribution in [0.5, 0.6) is 0 Å². The number of aromatic nitrogens is 3. The average Bonchev–Trinajstić information content (AvgIpc) is 2.46. The van der Waals surface area contributed by atoms with E-state index in [1.54, 1.807) is 6.07 Å². The molecule has 0 fully saturated rings. The van der Waals surface area contributed by atoms with Crippen LogP contribution in [0.15, 0.2) is 18.3 Å². The summed E-state index contributed by atoms with van der Waals surface area (Å²) in [6, 6.07) is 4.94. The Kier molecular flexibility index (Phi) is 4.24. The largest absolute Gasteiger partial charge is 0.348 e. The van der Waals surface area contributed by atoms with Crippen LogP contribution in [0.1, 0.15) is 38.8 Å². The number of rotatable bonds is 3. The molecule has 0 aromatic carbocycles. The van der Waals surface area contributed by atoms with Crippen molar-refractivity contribution < 1.29 is 4.79 Å². The van der Waals surface area contributed by atoms with Crippen LogP contribution in [0, 0.1) is 32.1 Å². The highest BCUT2D eigenvalue weighted by Crippen LogP contribution is 2.10. The summed E-state index contributed by atoms with van der Waals surface area (Å²) in [5, 5.41) is 11.6. The fourth-order valence-electron chi connectivity index (χ4n) is 2.07. The van der Waals surface area contributed by atoms with E-state index in [4.69, 9.17) is 5.26 Å². The molecule has 2 aromatic heterocycles. The third kappa shape index (κ3) is 3.39. The zero-order valence-electron chi connectivity index (χ0n) is 12.1. The molecule has 0 bridgehead atoms. The molecule has 2 rings (SSSR count). The zero-order chi connectivity index (χ0) is 15.4. The van der Waals surface area contributed by atoms with Crippen LogP contribution in [0.2, 0.25) is 0 Å². The van der Waals surface area contributed by atoms with Gasteiger partial charge >= 0.3 is 0 Å². The minimum absolute atomic E-state index is 0.216. The molecule has 21 heavy (non-hydrogen) atoms. The van der Waals surface area contributed by atoms with Gasteiger partial charge in [-0.25, -0.2) is 15.0 Å². The van der Waals surface area contributed by atoms with Crippen molar-refractivity contribution in [3.63, 3.8) is 0 Å². The average molecular weight is 281 g/mol. The molecule has 0 spiro atoms. The Bertz CT molecular complexity index is 710. The van der Waals surface area contributed by atoms with Crippen LogP contribution >= 0.6 is 0 Å². The van der Waals surface area contributed by atoms with Crippen molar-refractivity contribution in [2.75, 3.05) is 0 Å². The van der Waals surface area contributed by atoms with Crippen molar-refractivity contribution in [2.45, 2.75) is 27.3 Å². The highest BCUT2D eigenvalue weighted by atomic mass is 16.1. The summed E-state index contributed by atoms with van der Waals surface area (Å²) in [5.41, 5.74) is 3.24. The van der Waals surface area contributed by atoms with Crippen molar-refractivity contribution in [3.05, 3.63) is 52.4 Å². The van der Waals surface area contributed by atoms with Gasteiger partial charge in [0.2, 0.25) is 0 Å². The van der Waals surface area contributed by atoms with Crippen molar-refractivity contribution in [1.82, 2.24) is 20.3 Å². The van der Waals surface area contributed by atoms with Gasteiger partial charge in [-0.15, -0.1) is 0 Å². The molecule has 1 N–H and O–H groups in total. The van der Waals surface area contributed by atoms with Crippen LogP contribution in [-0.4, -0.2) is 20.9 Å². The summed E-state index contributed by atoms with van der Waals surface area (Å²) in [5.74, 6) is 0.459. The van der Waals surface area contributed by atoms with Gasteiger partial charge in [0.1, 0.15) is 17.6 Å². The fraction of sp³-hybridized carbons (Fsp3) is 0.267. The van der Waals surface area contributed by atoms with Gasteiger partial charge in [0.05, 0.1) is 0 Å². The predicted molar refractivity (Wildman–Crippen MR) is 76.4 cm³/mol. The molecule has 2 aromatic rings. The van der Waals surface area contributed by atoms with E-state index in [9.17, 15) is 4.79 Å². The minimum Gasteiger partial charge on any atom is -0.348 e. The molecule has 0 unspecified atom stereocenters. The molecular weight excluding hydrogens is 266 g/mol. The van der Waals surface area contributed by atoms with E-state index in [1.165, 1.54) is 12.3 Å². The second-order valence-electron chi connectivity index (χ2n) is 4.64. The monoisotopic (exact) mass is 281 g/mol. The molecule has 6 heteroatoms. The highest BCUT2D eigenvalue weighted by Gasteiger charge is 2.10. The van der Waals surface area contributed by atoms with Crippen molar-refractivity contribution in [3.8, 4) is 6.07 Å². The topological polar surface area (TPSA) is 91.6 Å². The lowest BCUT2D eigenvalue weighted by Crippen LogP contribution is -2.24. The Morgan fingerprint density at radius 2 is 1.95 bits per heavy atom. The third-order valence-corrected chi connectivity index (χ3v) is 3.09. The summed E-state index contributed by atoms with van der Waals surface area (Å²) >= 11 is 0. The van der Waals surface area contributed by atoms with E-state index in [0.29, 0.717) is 17.9 Å². The smallest absolute Gasteiger partial charge is 0.251 e. The summed E-state index contributed by atoms with van der Waals surface area (Å²) in [6.45, 7) is 5.97. The summed E-state index contributed by atoms with van der Waals surface area (Å²) in [4.78, 5) is 24.5. The first-order valence-electron chi connectivity index (χ1n) is 6.46. The molecule has 0 radical (unpaired) electrons. The quantitative estimate of drug-likeness (QED) is 0.922. The van der Waals surface area contributed by atoms with Crippen molar-refractivity contribution >= 4 is 5.91 Å². The number of nitrogens with one attached hydrogen (secondary N) is 1. The minimum atomic E-state index is -0.256. The van der Waals surface area contributed by atoms with Crippen LogP contribution in [0.25, 0.3) is 0 Å². The van der Waals surface area contributed by atoms with Gasteiger partial charge in [0, 0.05) is 35.3 Å². The molecule has 2 heterocycles. The Balaban J connectivity index is 2.13. The molecule has 0 saturated carbocycles. The Morgan fingerprint density at radius 1 is 1.29 bits per heavy atom. The maximum atomic E-state index is 12.1. The third-order valence-electron chi connectivity index (χ3n) is 3.09. The maximum absolute atomic E-state index is 12.1. The predicted octanol–water partition coefficient (Wildman–Crippen LogP) is 1.60. The summed E-state index contributed by atoms with van der Waals surface area (Å²) < 4.78 is 0. The molecule has 0 atom stereocenters. The number of pyridine rings is 1. The van der Waals surface area contributed by atoms with Crippen LogP contribution in [0.4, 0.5) is 0 Å². The molecule has 6 nitrogen and oxygen atoms in total. The Hall–Kier alpha value is -2.81. The fourth-order valence-corrected chi connectivity index (χ4v) is 2.07. The van der Waals surface area contributed by atoms with Crippen molar-refractivity contribution in [1.29, 1.82) is 5.26 Å². The van der Waals surface area contributed by atoms with Crippen LogP contribution in [0.3, 0.4) is 0 Å². The summed E-state index contributed by atoms with van der Waals surface area (Å²) in [7, 11) is 0. The van der Waals surface area contributed by atoms with Gasteiger partial charge in [-0.2, -0.15) is 5.26 Å². The lowest BCUT2D eigenvalue weighted by atomic mass is 10.1. The number of hydrogen-bond acceptors (Lipinski definition) is 5. The number of hydrogen-bond donors (Lipinski definition) is 1. The number of carbonyl (C=O) groups excluding carboxylic acids is 1. The zero-order valence-corrected chi connectivity index (χ0v) is 12.1. The Morgan fingerprint density at radius 3 is 2.57 bits per heavy atom. The van der Waals surface area contributed by atoms with Gasteiger partial charge in [0.25, 0.3) is 5.91 Å². The number of nitrogens with zero attached hydrogens (tertiary/aromatic N) is 4.